The molecule has 152 valence electrons. The molecule has 2 heterocycles. The second-order valence-corrected chi connectivity index (χ2v) is 8.64. The van der Waals surface area contributed by atoms with Crippen molar-refractivity contribution >= 4 is 17.8 Å². The standard InChI is InChI=1S/C21H28N2O5/c1-14-7-5-6-8-15(14)17(24)23-16(18(25)26)13-28-21(23)9-11-22(12-10-21)19(27)20(2,3)4/h5-8,16H,9-13H2,1-4H3,(H,25,26)/t16-/m1/s1. The molecule has 1 N–H and O–H groups in total. The lowest BCUT2D eigenvalue weighted by Crippen LogP contribution is -2.59. The number of hydrogen-bond donors (Lipinski definition) is 1. The summed E-state index contributed by atoms with van der Waals surface area (Å²) in [5.41, 5.74) is -0.205. The fourth-order valence-corrected chi connectivity index (χ4v) is 4.03. The predicted octanol–water partition coefficient (Wildman–Crippen LogP) is 2.29. The summed E-state index contributed by atoms with van der Waals surface area (Å²) in [6.45, 7) is 8.28. The molecule has 2 aliphatic rings. The van der Waals surface area contributed by atoms with Crippen molar-refractivity contribution in [3.63, 3.8) is 0 Å². The van der Waals surface area contributed by atoms with Crippen LogP contribution in [0.4, 0.5) is 0 Å². The van der Waals surface area contributed by atoms with Crippen LogP contribution < -0.4 is 0 Å². The van der Waals surface area contributed by atoms with Crippen LogP contribution >= 0.6 is 0 Å². The van der Waals surface area contributed by atoms with E-state index in [0.717, 1.165) is 5.56 Å². The van der Waals surface area contributed by atoms with E-state index in [4.69, 9.17) is 4.74 Å². The van der Waals surface area contributed by atoms with Gasteiger partial charge in [-0.1, -0.05) is 39.0 Å². The Labute approximate surface area is 165 Å². The summed E-state index contributed by atoms with van der Waals surface area (Å²) in [7, 11) is 0. The molecule has 0 bridgehead atoms. The maximum atomic E-state index is 13.3. The zero-order valence-electron chi connectivity index (χ0n) is 16.9. The number of aliphatic carboxylic acids is 1. The maximum Gasteiger partial charge on any atom is 0.328 e. The quantitative estimate of drug-likeness (QED) is 0.840. The highest BCUT2D eigenvalue weighted by molar-refractivity contribution is 5.98. The lowest BCUT2D eigenvalue weighted by atomic mass is 9.91. The summed E-state index contributed by atoms with van der Waals surface area (Å²) in [6, 6.07) is 6.12. The number of aryl methyl sites for hydroxylation is 1. The number of nitrogens with zero attached hydrogens (tertiary/aromatic N) is 2. The highest BCUT2D eigenvalue weighted by Crippen LogP contribution is 2.39. The number of carboxylic acid groups (broad SMARTS) is 1. The van der Waals surface area contributed by atoms with Crippen molar-refractivity contribution in [2.45, 2.75) is 52.3 Å². The van der Waals surface area contributed by atoms with Crippen LogP contribution in [0.5, 0.6) is 0 Å². The average Bonchev–Trinajstić information content (AvgIpc) is 3.00. The van der Waals surface area contributed by atoms with Crippen LogP contribution in [0.25, 0.3) is 0 Å². The van der Waals surface area contributed by atoms with Crippen LogP contribution in [0.2, 0.25) is 0 Å². The van der Waals surface area contributed by atoms with Gasteiger partial charge in [0.05, 0.1) is 6.61 Å². The Morgan fingerprint density at radius 2 is 1.75 bits per heavy atom. The van der Waals surface area contributed by atoms with Crippen LogP contribution in [0.15, 0.2) is 24.3 Å². The van der Waals surface area contributed by atoms with E-state index in [1.165, 1.54) is 4.90 Å². The molecule has 0 unspecified atom stereocenters. The number of hydrogen-bond acceptors (Lipinski definition) is 4. The maximum absolute atomic E-state index is 13.3. The number of ether oxygens (including phenoxy) is 1. The van der Waals surface area contributed by atoms with Crippen LogP contribution in [0.3, 0.4) is 0 Å². The molecular formula is C21H28N2O5. The minimum absolute atomic E-state index is 0.0415. The summed E-state index contributed by atoms with van der Waals surface area (Å²) >= 11 is 0. The zero-order valence-corrected chi connectivity index (χ0v) is 16.9. The number of carboxylic acids is 1. The number of amides is 2. The smallest absolute Gasteiger partial charge is 0.328 e. The van der Waals surface area contributed by atoms with E-state index in [-0.39, 0.29) is 18.4 Å². The van der Waals surface area contributed by atoms with Gasteiger partial charge in [-0.2, -0.15) is 0 Å². The van der Waals surface area contributed by atoms with Gasteiger partial charge in [0.25, 0.3) is 5.91 Å². The third-order valence-electron chi connectivity index (χ3n) is 5.61. The molecule has 0 aliphatic carbocycles. The van der Waals surface area contributed by atoms with Gasteiger partial charge in [0.1, 0.15) is 5.72 Å². The van der Waals surface area contributed by atoms with E-state index >= 15 is 0 Å². The van der Waals surface area contributed by atoms with Gasteiger partial charge >= 0.3 is 5.97 Å². The topological polar surface area (TPSA) is 87.2 Å². The lowest BCUT2D eigenvalue weighted by Gasteiger charge is -2.45. The Morgan fingerprint density at radius 1 is 1.14 bits per heavy atom. The van der Waals surface area contributed by atoms with Gasteiger partial charge < -0.3 is 14.7 Å². The predicted molar refractivity (Wildman–Crippen MR) is 103 cm³/mol. The van der Waals surface area contributed by atoms with Gasteiger partial charge in [0, 0.05) is 36.9 Å². The molecule has 2 fully saturated rings. The van der Waals surface area contributed by atoms with Crippen molar-refractivity contribution < 1.29 is 24.2 Å². The van der Waals surface area contributed by atoms with E-state index in [0.29, 0.717) is 31.5 Å². The van der Waals surface area contributed by atoms with Crippen LogP contribution in [-0.4, -0.2) is 64.2 Å². The number of rotatable bonds is 2. The molecule has 1 aromatic rings. The van der Waals surface area contributed by atoms with Crippen molar-refractivity contribution in [2.75, 3.05) is 19.7 Å². The van der Waals surface area contributed by atoms with E-state index in [9.17, 15) is 19.5 Å². The molecule has 3 rings (SSSR count). The SMILES string of the molecule is Cc1ccccc1C(=O)N1[C@@H](C(=O)O)COC12CCN(C(=O)C(C)(C)C)CC2. The number of carbonyl (C=O) groups excluding carboxylic acids is 2. The Bertz CT molecular complexity index is 790. The van der Waals surface area contributed by atoms with Gasteiger partial charge in [-0.3, -0.25) is 14.5 Å². The minimum atomic E-state index is -1.08. The Balaban J connectivity index is 1.88. The summed E-state index contributed by atoms with van der Waals surface area (Å²) in [5.74, 6) is -1.36. The Morgan fingerprint density at radius 3 is 2.29 bits per heavy atom. The Hall–Kier alpha value is -2.41. The van der Waals surface area contributed by atoms with Gasteiger partial charge in [-0.15, -0.1) is 0 Å². The molecule has 7 heteroatoms. The summed E-state index contributed by atoms with van der Waals surface area (Å²) in [5, 5.41) is 9.67. The molecule has 1 aromatic carbocycles. The monoisotopic (exact) mass is 388 g/mol. The fourth-order valence-electron chi connectivity index (χ4n) is 4.03. The molecule has 0 aromatic heterocycles. The normalized spacial score (nSPS) is 21.8. The molecule has 2 aliphatic heterocycles. The molecule has 1 atom stereocenters. The van der Waals surface area contributed by atoms with Gasteiger partial charge in [-0.05, 0) is 18.6 Å². The van der Waals surface area contributed by atoms with Gasteiger partial charge in [-0.25, -0.2) is 4.79 Å². The number of likely N-dealkylation sites (tertiary alicyclic amines) is 1. The molecule has 7 nitrogen and oxygen atoms in total. The zero-order chi connectivity index (χ0) is 20.7. The molecule has 1 spiro atoms. The molecule has 2 amide bonds. The first-order chi connectivity index (χ1) is 13.1. The summed E-state index contributed by atoms with van der Waals surface area (Å²) < 4.78 is 5.95. The van der Waals surface area contributed by atoms with Gasteiger partial charge in [0.15, 0.2) is 6.04 Å². The van der Waals surface area contributed by atoms with E-state index in [1.54, 1.807) is 17.0 Å². The van der Waals surface area contributed by atoms with Crippen molar-refractivity contribution in [1.82, 2.24) is 9.80 Å². The van der Waals surface area contributed by atoms with E-state index in [1.807, 2.05) is 39.8 Å². The largest absolute Gasteiger partial charge is 0.480 e. The van der Waals surface area contributed by atoms with Crippen molar-refractivity contribution in [2.24, 2.45) is 5.41 Å². The second kappa shape index (κ2) is 7.20. The molecule has 0 saturated carbocycles. The minimum Gasteiger partial charge on any atom is -0.480 e. The molecular weight excluding hydrogens is 360 g/mol. The molecule has 28 heavy (non-hydrogen) atoms. The first-order valence-electron chi connectivity index (χ1n) is 9.62. The third-order valence-corrected chi connectivity index (χ3v) is 5.61. The van der Waals surface area contributed by atoms with Crippen LogP contribution in [0.1, 0.15) is 49.5 Å². The van der Waals surface area contributed by atoms with Crippen LogP contribution in [0, 0.1) is 12.3 Å². The van der Waals surface area contributed by atoms with Crippen molar-refractivity contribution in [3.8, 4) is 0 Å². The van der Waals surface area contributed by atoms with E-state index < -0.39 is 23.2 Å². The first kappa shape index (κ1) is 20.3. The number of carbonyl (C=O) groups is 3. The first-order valence-corrected chi connectivity index (χ1v) is 9.62. The third kappa shape index (κ3) is 3.51. The molecule has 2 saturated heterocycles. The fraction of sp³-hybridized carbons (Fsp3) is 0.571. The highest BCUT2D eigenvalue weighted by atomic mass is 16.5. The van der Waals surface area contributed by atoms with Crippen molar-refractivity contribution in [1.29, 1.82) is 0 Å². The van der Waals surface area contributed by atoms with Crippen LogP contribution in [-0.2, 0) is 14.3 Å². The van der Waals surface area contributed by atoms with E-state index in [2.05, 4.69) is 0 Å². The lowest BCUT2D eigenvalue weighted by molar-refractivity contribution is -0.152. The number of piperidine rings is 1. The molecule has 0 radical (unpaired) electrons. The summed E-state index contributed by atoms with van der Waals surface area (Å²) in [6.07, 6.45) is 0.798. The summed E-state index contributed by atoms with van der Waals surface area (Å²) in [4.78, 5) is 40.9. The average molecular weight is 388 g/mol. The number of benzene rings is 1. The highest BCUT2D eigenvalue weighted by Gasteiger charge is 2.54. The second-order valence-electron chi connectivity index (χ2n) is 8.64. The Kier molecular flexibility index (Phi) is 5.23. The van der Waals surface area contributed by atoms with Crippen molar-refractivity contribution in [3.05, 3.63) is 35.4 Å². The van der Waals surface area contributed by atoms with Gasteiger partial charge in [0.2, 0.25) is 5.91 Å².